The molecule has 6 nitrogen and oxygen atoms in total. The van der Waals surface area contributed by atoms with Crippen molar-refractivity contribution < 1.29 is 8.42 Å². The maximum atomic E-state index is 12.7. The van der Waals surface area contributed by atoms with E-state index in [9.17, 15) is 8.42 Å². The van der Waals surface area contributed by atoms with Gasteiger partial charge in [0.15, 0.2) is 0 Å². The van der Waals surface area contributed by atoms with Crippen LogP contribution in [0.4, 0.5) is 5.69 Å². The van der Waals surface area contributed by atoms with Gasteiger partial charge in [-0.15, -0.1) is 5.10 Å². The van der Waals surface area contributed by atoms with Crippen LogP contribution in [0, 0.1) is 0 Å². The summed E-state index contributed by atoms with van der Waals surface area (Å²) in [5, 5.41) is 8.27. The number of benzene rings is 2. The highest BCUT2D eigenvalue weighted by Crippen LogP contribution is 2.19. The summed E-state index contributed by atoms with van der Waals surface area (Å²) in [4.78, 5) is 0.185. The standard InChI is InChI=1S/C20H24N4O2S/c1-3-5-7-18-15-24(23-21-18)19-8-6-9-20(14-19)27(25,26)22-17-12-10-16(4-2)11-13-17/h6,8-15,22H,3-5,7H2,1-2H3. The van der Waals surface area contributed by atoms with Crippen LogP contribution < -0.4 is 4.72 Å². The first-order valence-electron chi connectivity index (χ1n) is 9.15. The molecule has 7 heteroatoms. The third-order valence-electron chi connectivity index (χ3n) is 4.33. The van der Waals surface area contributed by atoms with Crippen LogP contribution in [-0.2, 0) is 22.9 Å². The average molecular weight is 385 g/mol. The van der Waals surface area contributed by atoms with Crippen LogP contribution in [0.15, 0.2) is 59.6 Å². The Morgan fingerprint density at radius 3 is 2.56 bits per heavy atom. The lowest BCUT2D eigenvalue weighted by Gasteiger charge is -2.10. The van der Waals surface area contributed by atoms with E-state index in [4.69, 9.17) is 0 Å². The van der Waals surface area contributed by atoms with Crippen LogP contribution in [0.25, 0.3) is 5.69 Å². The van der Waals surface area contributed by atoms with E-state index >= 15 is 0 Å². The van der Waals surface area contributed by atoms with Crippen LogP contribution in [-0.4, -0.2) is 23.4 Å². The first-order valence-corrected chi connectivity index (χ1v) is 10.6. The number of aromatic nitrogens is 3. The van der Waals surface area contributed by atoms with Gasteiger partial charge >= 0.3 is 0 Å². The van der Waals surface area contributed by atoms with Crippen molar-refractivity contribution in [2.75, 3.05) is 4.72 Å². The highest BCUT2D eigenvalue weighted by molar-refractivity contribution is 7.92. The lowest BCUT2D eigenvalue weighted by molar-refractivity contribution is 0.601. The number of nitrogens with zero attached hydrogens (tertiary/aromatic N) is 3. The third kappa shape index (κ3) is 4.74. The molecular weight excluding hydrogens is 360 g/mol. The van der Waals surface area contributed by atoms with Gasteiger partial charge in [0.05, 0.1) is 22.5 Å². The minimum Gasteiger partial charge on any atom is -0.280 e. The summed E-state index contributed by atoms with van der Waals surface area (Å²) < 4.78 is 29.7. The number of rotatable bonds is 8. The van der Waals surface area contributed by atoms with Crippen LogP contribution in [0.2, 0.25) is 0 Å². The second-order valence-electron chi connectivity index (χ2n) is 6.41. The smallest absolute Gasteiger partial charge is 0.261 e. The Morgan fingerprint density at radius 2 is 1.85 bits per heavy atom. The molecule has 0 aliphatic heterocycles. The first-order chi connectivity index (χ1) is 13.0. The van der Waals surface area contributed by atoms with Crippen molar-refractivity contribution in [2.45, 2.75) is 44.4 Å². The summed E-state index contributed by atoms with van der Waals surface area (Å²) in [6.07, 6.45) is 5.76. The van der Waals surface area contributed by atoms with Crippen LogP contribution >= 0.6 is 0 Å². The Morgan fingerprint density at radius 1 is 1.07 bits per heavy atom. The molecule has 0 fully saturated rings. The molecule has 142 valence electrons. The fourth-order valence-corrected chi connectivity index (χ4v) is 3.81. The molecule has 0 bridgehead atoms. The van der Waals surface area contributed by atoms with Gasteiger partial charge in [-0.3, -0.25) is 4.72 Å². The zero-order valence-electron chi connectivity index (χ0n) is 15.6. The monoisotopic (exact) mass is 384 g/mol. The summed E-state index contributed by atoms with van der Waals surface area (Å²) in [6.45, 7) is 4.18. The number of sulfonamides is 1. The van der Waals surface area contributed by atoms with E-state index in [1.54, 1.807) is 35.0 Å². The number of hydrogen-bond acceptors (Lipinski definition) is 4. The SMILES string of the molecule is CCCCc1cn(-c2cccc(S(=O)(=O)Nc3ccc(CC)cc3)c2)nn1. The van der Waals surface area contributed by atoms with Crippen LogP contribution in [0.5, 0.6) is 0 Å². The molecule has 3 rings (SSSR count). The predicted molar refractivity (Wildman–Crippen MR) is 107 cm³/mol. The molecule has 1 N–H and O–H groups in total. The molecule has 0 atom stereocenters. The van der Waals surface area contributed by atoms with E-state index in [1.807, 2.05) is 24.4 Å². The largest absolute Gasteiger partial charge is 0.280 e. The molecule has 0 saturated heterocycles. The summed E-state index contributed by atoms with van der Waals surface area (Å²) in [5.74, 6) is 0. The average Bonchev–Trinajstić information content (AvgIpc) is 3.16. The lowest BCUT2D eigenvalue weighted by Crippen LogP contribution is -2.13. The van der Waals surface area contributed by atoms with Crippen LogP contribution in [0.3, 0.4) is 0 Å². The zero-order chi connectivity index (χ0) is 19.3. The molecule has 0 aliphatic rings. The summed E-state index contributed by atoms with van der Waals surface area (Å²) in [6, 6.07) is 14.1. The van der Waals surface area contributed by atoms with Crippen molar-refractivity contribution in [3.05, 3.63) is 66.0 Å². The number of unbranched alkanes of at least 4 members (excludes halogenated alkanes) is 1. The molecule has 0 spiro atoms. The Balaban J connectivity index is 1.81. The van der Waals surface area contributed by atoms with Crippen molar-refractivity contribution in [2.24, 2.45) is 0 Å². The molecule has 1 heterocycles. The summed E-state index contributed by atoms with van der Waals surface area (Å²) in [5.41, 5.74) is 3.26. The van der Waals surface area contributed by atoms with Gasteiger partial charge in [0.25, 0.3) is 10.0 Å². The molecule has 0 radical (unpaired) electrons. The molecular formula is C20H24N4O2S. The van der Waals surface area contributed by atoms with Crippen molar-refractivity contribution in [3.8, 4) is 5.69 Å². The molecule has 0 unspecified atom stereocenters. The van der Waals surface area contributed by atoms with Gasteiger partial charge < -0.3 is 0 Å². The van der Waals surface area contributed by atoms with Gasteiger partial charge in [0, 0.05) is 5.69 Å². The normalized spacial score (nSPS) is 11.5. The van der Waals surface area contributed by atoms with Gasteiger partial charge in [0.2, 0.25) is 0 Å². The van der Waals surface area contributed by atoms with Gasteiger partial charge in [-0.2, -0.15) is 0 Å². The maximum absolute atomic E-state index is 12.7. The summed E-state index contributed by atoms with van der Waals surface area (Å²) in [7, 11) is -3.68. The number of nitrogens with one attached hydrogen (secondary N) is 1. The number of anilines is 1. The molecule has 1 aromatic heterocycles. The highest BCUT2D eigenvalue weighted by Gasteiger charge is 2.15. The van der Waals surface area contributed by atoms with Crippen molar-refractivity contribution >= 4 is 15.7 Å². The molecule has 3 aromatic rings. The highest BCUT2D eigenvalue weighted by atomic mass is 32.2. The van der Waals surface area contributed by atoms with Gasteiger partial charge in [-0.1, -0.05) is 43.7 Å². The van der Waals surface area contributed by atoms with Crippen molar-refractivity contribution in [1.29, 1.82) is 0 Å². The number of aryl methyl sites for hydroxylation is 2. The van der Waals surface area contributed by atoms with E-state index in [1.165, 1.54) is 0 Å². The van der Waals surface area contributed by atoms with Crippen LogP contribution in [0.1, 0.15) is 37.9 Å². The first kappa shape index (κ1) is 19.1. The zero-order valence-corrected chi connectivity index (χ0v) is 16.4. The van der Waals surface area contributed by atoms with Gasteiger partial charge in [0.1, 0.15) is 0 Å². The van der Waals surface area contributed by atoms with E-state index in [0.29, 0.717) is 11.4 Å². The van der Waals surface area contributed by atoms with E-state index in [-0.39, 0.29) is 4.90 Å². The minimum atomic E-state index is -3.68. The van der Waals surface area contributed by atoms with Gasteiger partial charge in [-0.25, -0.2) is 13.1 Å². The minimum absolute atomic E-state index is 0.185. The van der Waals surface area contributed by atoms with Crippen molar-refractivity contribution in [3.63, 3.8) is 0 Å². The second kappa shape index (κ2) is 8.35. The topological polar surface area (TPSA) is 76.9 Å². The second-order valence-corrected chi connectivity index (χ2v) is 8.09. The predicted octanol–water partition coefficient (Wildman–Crippen LogP) is 3.97. The summed E-state index contributed by atoms with van der Waals surface area (Å²) >= 11 is 0. The Hall–Kier alpha value is -2.67. The third-order valence-corrected chi connectivity index (χ3v) is 5.71. The fourth-order valence-electron chi connectivity index (χ4n) is 2.71. The number of hydrogen-bond donors (Lipinski definition) is 1. The van der Waals surface area contributed by atoms with Gasteiger partial charge in [-0.05, 0) is 55.2 Å². The Kier molecular flexibility index (Phi) is 5.91. The molecule has 0 aliphatic carbocycles. The molecule has 0 amide bonds. The fraction of sp³-hybridized carbons (Fsp3) is 0.300. The van der Waals surface area contributed by atoms with E-state index in [0.717, 1.165) is 36.9 Å². The van der Waals surface area contributed by atoms with Crippen molar-refractivity contribution in [1.82, 2.24) is 15.0 Å². The maximum Gasteiger partial charge on any atom is 0.261 e. The van der Waals surface area contributed by atoms with E-state index < -0.39 is 10.0 Å². The Labute approximate surface area is 160 Å². The Bertz CT molecular complexity index is 995. The lowest BCUT2D eigenvalue weighted by atomic mass is 10.2. The molecule has 27 heavy (non-hydrogen) atoms. The molecule has 0 saturated carbocycles. The quantitative estimate of drug-likeness (QED) is 0.637. The molecule has 2 aromatic carbocycles. The van der Waals surface area contributed by atoms with E-state index in [2.05, 4.69) is 28.9 Å².